The Kier molecular flexibility index (Phi) is 4.04. The summed E-state index contributed by atoms with van der Waals surface area (Å²) >= 11 is 5.59. The lowest BCUT2D eigenvalue weighted by atomic mass is 10.0. The zero-order chi connectivity index (χ0) is 15.1. The fourth-order valence-electron chi connectivity index (χ4n) is 2.35. The van der Waals surface area contributed by atoms with Gasteiger partial charge in [0.2, 0.25) is 10.0 Å². The molecule has 0 aliphatic carbocycles. The van der Waals surface area contributed by atoms with Crippen molar-refractivity contribution in [2.45, 2.75) is 24.3 Å². The highest BCUT2D eigenvalue weighted by Crippen LogP contribution is 2.31. The topological polar surface area (TPSA) is 74.7 Å². The third-order valence-corrected chi connectivity index (χ3v) is 5.78. The van der Waals surface area contributed by atoms with E-state index in [1.54, 1.807) is 6.92 Å². The summed E-state index contributed by atoms with van der Waals surface area (Å²) in [5.41, 5.74) is 0. The second kappa shape index (κ2) is 5.31. The Morgan fingerprint density at radius 1 is 1.50 bits per heavy atom. The Morgan fingerprint density at radius 2 is 2.15 bits per heavy atom. The third kappa shape index (κ3) is 2.53. The average molecular weight is 322 g/mol. The predicted octanol–water partition coefficient (Wildman–Crippen LogP) is 1.96. The molecule has 0 radical (unpaired) electrons. The summed E-state index contributed by atoms with van der Waals surface area (Å²) < 4.78 is 39.1. The second-order valence-electron chi connectivity index (χ2n) is 4.67. The number of carbonyl (C=O) groups is 1. The smallest absolute Gasteiger partial charge is 0.308 e. The zero-order valence-electron chi connectivity index (χ0n) is 10.6. The van der Waals surface area contributed by atoms with Gasteiger partial charge in [-0.05, 0) is 31.5 Å². The van der Waals surface area contributed by atoms with Crippen molar-refractivity contribution in [1.82, 2.24) is 4.31 Å². The van der Waals surface area contributed by atoms with E-state index in [-0.39, 0.29) is 22.9 Å². The molecule has 8 heteroatoms. The van der Waals surface area contributed by atoms with E-state index in [9.17, 15) is 17.6 Å². The molecule has 0 bridgehead atoms. The number of rotatable bonds is 3. The Balaban J connectivity index is 2.36. The number of halogens is 2. The van der Waals surface area contributed by atoms with E-state index >= 15 is 0 Å². The Bertz CT molecular complexity index is 649. The van der Waals surface area contributed by atoms with Crippen molar-refractivity contribution in [3.05, 3.63) is 29.0 Å². The number of carboxylic acid groups (broad SMARTS) is 1. The quantitative estimate of drug-likeness (QED) is 0.923. The van der Waals surface area contributed by atoms with Gasteiger partial charge in [0, 0.05) is 12.6 Å². The van der Waals surface area contributed by atoms with Crippen LogP contribution in [0.4, 0.5) is 4.39 Å². The van der Waals surface area contributed by atoms with Crippen LogP contribution in [0.5, 0.6) is 0 Å². The minimum absolute atomic E-state index is 0.120. The van der Waals surface area contributed by atoms with E-state index in [2.05, 4.69) is 0 Å². The van der Waals surface area contributed by atoms with Crippen LogP contribution in [-0.4, -0.2) is 36.4 Å². The fraction of sp³-hybridized carbons (Fsp3) is 0.417. The molecule has 2 rings (SSSR count). The first-order valence-electron chi connectivity index (χ1n) is 5.95. The minimum atomic E-state index is -3.87. The van der Waals surface area contributed by atoms with E-state index in [4.69, 9.17) is 16.7 Å². The van der Waals surface area contributed by atoms with Crippen LogP contribution < -0.4 is 0 Å². The maximum atomic E-state index is 13.1. The molecule has 110 valence electrons. The van der Waals surface area contributed by atoms with Crippen LogP contribution in [-0.2, 0) is 14.8 Å². The van der Waals surface area contributed by atoms with Gasteiger partial charge < -0.3 is 5.11 Å². The van der Waals surface area contributed by atoms with Gasteiger partial charge in [0.25, 0.3) is 0 Å². The maximum absolute atomic E-state index is 13.1. The normalized spacial score (nSPS) is 23.9. The molecule has 0 spiro atoms. The molecule has 2 unspecified atom stereocenters. The average Bonchev–Trinajstić information content (AvgIpc) is 2.75. The highest BCUT2D eigenvalue weighted by molar-refractivity contribution is 7.89. The number of carboxylic acids is 1. The van der Waals surface area contributed by atoms with Crippen molar-refractivity contribution in [3.8, 4) is 0 Å². The number of sulfonamides is 1. The first kappa shape index (κ1) is 15.2. The summed E-state index contributed by atoms with van der Waals surface area (Å²) in [5.74, 6) is -2.46. The van der Waals surface area contributed by atoms with E-state index in [1.807, 2.05) is 0 Å². The first-order valence-corrected chi connectivity index (χ1v) is 7.76. The first-order chi connectivity index (χ1) is 9.25. The number of hydrogen-bond acceptors (Lipinski definition) is 3. The molecule has 0 saturated carbocycles. The van der Waals surface area contributed by atoms with Crippen molar-refractivity contribution in [2.75, 3.05) is 6.54 Å². The van der Waals surface area contributed by atoms with Gasteiger partial charge in [-0.25, -0.2) is 12.8 Å². The van der Waals surface area contributed by atoms with Gasteiger partial charge in [-0.2, -0.15) is 4.31 Å². The summed E-state index contributed by atoms with van der Waals surface area (Å²) in [5, 5.41) is 8.74. The summed E-state index contributed by atoms with van der Waals surface area (Å²) in [6.45, 7) is 1.67. The molecule has 0 aromatic heterocycles. The number of hydrogen-bond donors (Lipinski definition) is 1. The van der Waals surface area contributed by atoms with Crippen molar-refractivity contribution in [2.24, 2.45) is 5.92 Å². The minimum Gasteiger partial charge on any atom is -0.481 e. The third-order valence-electron chi connectivity index (χ3n) is 3.51. The van der Waals surface area contributed by atoms with Gasteiger partial charge in [0.05, 0.1) is 15.8 Å². The Morgan fingerprint density at radius 3 is 2.65 bits per heavy atom. The van der Waals surface area contributed by atoms with Crippen LogP contribution in [0.1, 0.15) is 13.3 Å². The molecule has 1 N–H and O–H groups in total. The number of nitrogens with zero attached hydrogens (tertiary/aromatic N) is 1. The van der Waals surface area contributed by atoms with Gasteiger partial charge in [-0.15, -0.1) is 0 Å². The van der Waals surface area contributed by atoms with Crippen LogP contribution in [0.25, 0.3) is 0 Å². The molecule has 1 aromatic carbocycles. The highest BCUT2D eigenvalue weighted by Gasteiger charge is 2.42. The highest BCUT2D eigenvalue weighted by atomic mass is 35.5. The largest absolute Gasteiger partial charge is 0.481 e. The Labute approximate surface area is 121 Å². The van der Waals surface area contributed by atoms with Gasteiger partial charge >= 0.3 is 5.97 Å². The molecule has 1 saturated heterocycles. The van der Waals surface area contributed by atoms with E-state index in [1.165, 1.54) is 0 Å². The molecule has 1 aromatic rings. The van der Waals surface area contributed by atoms with E-state index < -0.39 is 33.8 Å². The summed E-state index contributed by atoms with van der Waals surface area (Å²) in [4.78, 5) is 10.9. The summed E-state index contributed by atoms with van der Waals surface area (Å²) in [7, 11) is -3.87. The van der Waals surface area contributed by atoms with Crippen molar-refractivity contribution < 1.29 is 22.7 Å². The molecule has 2 atom stereocenters. The van der Waals surface area contributed by atoms with Crippen LogP contribution in [0.2, 0.25) is 5.02 Å². The molecule has 0 amide bonds. The van der Waals surface area contributed by atoms with Crippen molar-refractivity contribution >= 4 is 27.6 Å². The molecule has 1 aliphatic heterocycles. The summed E-state index contributed by atoms with van der Waals surface area (Å²) in [6, 6.07) is 2.48. The number of aliphatic carboxylic acids is 1. The van der Waals surface area contributed by atoms with E-state index in [0.29, 0.717) is 0 Å². The lowest BCUT2D eigenvalue weighted by Crippen LogP contribution is -2.37. The maximum Gasteiger partial charge on any atom is 0.308 e. The SMILES string of the molecule is CC1C(C(=O)O)CCN1S(=O)(=O)c1ccc(F)c(Cl)c1. The van der Waals surface area contributed by atoms with Gasteiger partial charge in [-0.3, -0.25) is 4.79 Å². The van der Waals surface area contributed by atoms with Gasteiger partial charge in [0.15, 0.2) is 0 Å². The van der Waals surface area contributed by atoms with Gasteiger partial charge in [0.1, 0.15) is 5.82 Å². The molecule has 1 heterocycles. The standard InChI is InChI=1S/C12H13ClFNO4S/c1-7-9(12(16)17)4-5-15(7)20(18,19)8-2-3-11(14)10(13)6-8/h2-3,6-7,9H,4-5H2,1H3,(H,16,17). The van der Waals surface area contributed by atoms with Crippen LogP contribution in [0, 0.1) is 11.7 Å². The lowest BCUT2D eigenvalue weighted by Gasteiger charge is -2.22. The van der Waals surface area contributed by atoms with E-state index in [0.717, 1.165) is 22.5 Å². The zero-order valence-corrected chi connectivity index (χ0v) is 12.2. The van der Waals surface area contributed by atoms with Crippen LogP contribution in [0.3, 0.4) is 0 Å². The van der Waals surface area contributed by atoms with Crippen LogP contribution in [0.15, 0.2) is 23.1 Å². The molecule has 20 heavy (non-hydrogen) atoms. The second-order valence-corrected chi connectivity index (χ2v) is 6.96. The number of benzene rings is 1. The molecule has 1 aliphatic rings. The molecule has 1 fully saturated rings. The van der Waals surface area contributed by atoms with Crippen molar-refractivity contribution in [1.29, 1.82) is 0 Å². The molecular formula is C12H13ClFNO4S. The molecular weight excluding hydrogens is 309 g/mol. The van der Waals surface area contributed by atoms with Gasteiger partial charge in [-0.1, -0.05) is 11.6 Å². The summed E-state index contributed by atoms with van der Waals surface area (Å²) in [6.07, 6.45) is 0.255. The fourth-order valence-corrected chi connectivity index (χ4v) is 4.31. The van der Waals surface area contributed by atoms with Crippen LogP contribution >= 0.6 is 11.6 Å². The monoisotopic (exact) mass is 321 g/mol. The molecule has 5 nitrogen and oxygen atoms in total. The lowest BCUT2D eigenvalue weighted by molar-refractivity contribution is -0.142. The predicted molar refractivity (Wildman–Crippen MR) is 70.5 cm³/mol. The van der Waals surface area contributed by atoms with Crippen molar-refractivity contribution in [3.63, 3.8) is 0 Å². The Hall–Kier alpha value is -1.18.